The molecule has 1 aromatic rings. The Hall–Kier alpha value is -2.51. The summed E-state index contributed by atoms with van der Waals surface area (Å²) in [7, 11) is 1.24. The number of ether oxygens (including phenoxy) is 2. The molecule has 0 radical (unpaired) electrons. The number of alkyl carbamates (subject to hydrolysis) is 1. The van der Waals surface area contributed by atoms with Crippen LogP contribution in [0.25, 0.3) is 0 Å². The normalized spacial score (nSPS) is 17.8. The molecule has 8 heteroatoms. The molecule has 1 heterocycles. The molecule has 108 valence electrons. The van der Waals surface area contributed by atoms with Crippen LogP contribution in [-0.4, -0.2) is 38.5 Å². The lowest BCUT2D eigenvalue weighted by atomic mass is 10.2. The highest BCUT2D eigenvalue weighted by Gasteiger charge is 2.32. The Kier molecular flexibility index (Phi) is 3.92. The van der Waals surface area contributed by atoms with Crippen LogP contribution in [0.2, 0.25) is 0 Å². The zero-order valence-corrected chi connectivity index (χ0v) is 10.8. The molecule has 0 saturated carbocycles. The fourth-order valence-corrected chi connectivity index (χ4v) is 1.79. The van der Waals surface area contributed by atoms with Gasteiger partial charge in [-0.15, -0.1) is 0 Å². The van der Waals surface area contributed by atoms with E-state index in [4.69, 9.17) is 10.5 Å². The number of benzene rings is 1. The minimum atomic E-state index is -0.613. The van der Waals surface area contributed by atoms with Gasteiger partial charge in [0.15, 0.2) is 0 Å². The molecule has 2 rings (SSSR count). The number of nitrogens with one attached hydrogen (secondary N) is 1. The second-order valence-electron chi connectivity index (χ2n) is 4.19. The van der Waals surface area contributed by atoms with Crippen molar-refractivity contribution in [3.8, 4) is 0 Å². The lowest BCUT2D eigenvalue weighted by Crippen LogP contribution is -2.34. The van der Waals surface area contributed by atoms with E-state index in [-0.39, 0.29) is 18.8 Å². The lowest BCUT2D eigenvalue weighted by Gasteiger charge is -2.13. The maximum Gasteiger partial charge on any atom is 0.414 e. The van der Waals surface area contributed by atoms with Gasteiger partial charge in [0.1, 0.15) is 11.9 Å². The third kappa shape index (κ3) is 2.90. The Morgan fingerprint density at radius 1 is 1.65 bits per heavy atom. The van der Waals surface area contributed by atoms with Crippen molar-refractivity contribution in [1.82, 2.24) is 5.32 Å². The molecule has 0 spiro atoms. The van der Waals surface area contributed by atoms with E-state index in [0.717, 1.165) is 6.07 Å². The summed E-state index contributed by atoms with van der Waals surface area (Å²) in [5, 5.41) is 2.43. The molecule has 1 saturated heterocycles. The molecule has 0 aliphatic carbocycles. The van der Waals surface area contributed by atoms with Crippen LogP contribution in [0, 0.1) is 5.82 Å². The molecule has 1 atom stereocenters. The topological polar surface area (TPSA) is 93.9 Å². The molecular formula is C12H14FN3O4. The first-order chi connectivity index (χ1) is 9.51. The van der Waals surface area contributed by atoms with Gasteiger partial charge in [0.25, 0.3) is 0 Å². The number of halogens is 1. The number of methoxy groups -OCH3 is 1. The minimum Gasteiger partial charge on any atom is -0.453 e. The summed E-state index contributed by atoms with van der Waals surface area (Å²) in [5.41, 5.74) is 5.73. The Bertz CT molecular complexity index is 537. The van der Waals surface area contributed by atoms with Crippen LogP contribution in [0.3, 0.4) is 0 Å². The predicted octanol–water partition coefficient (Wildman–Crippen LogP) is 1.09. The van der Waals surface area contributed by atoms with Crippen LogP contribution >= 0.6 is 0 Å². The number of anilines is 2. The third-order valence-corrected chi connectivity index (χ3v) is 2.83. The van der Waals surface area contributed by atoms with Crippen LogP contribution in [0.4, 0.5) is 25.4 Å². The Balaban J connectivity index is 2.01. The average Bonchev–Trinajstić information content (AvgIpc) is 2.80. The van der Waals surface area contributed by atoms with E-state index in [9.17, 15) is 14.0 Å². The Labute approximate surface area is 114 Å². The second kappa shape index (κ2) is 5.64. The highest BCUT2D eigenvalue weighted by Crippen LogP contribution is 2.24. The van der Waals surface area contributed by atoms with E-state index >= 15 is 0 Å². The van der Waals surface area contributed by atoms with Crippen LogP contribution in [0.5, 0.6) is 0 Å². The third-order valence-electron chi connectivity index (χ3n) is 2.83. The first-order valence-electron chi connectivity index (χ1n) is 5.86. The van der Waals surface area contributed by atoms with E-state index in [1.165, 1.54) is 24.1 Å². The predicted molar refractivity (Wildman–Crippen MR) is 68.8 cm³/mol. The van der Waals surface area contributed by atoms with Crippen molar-refractivity contribution in [2.75, 3.05) is 30.8 Å². The highest BCUT2D eigenvalue weighted by atomic mass is 19.1. The van der Waals surface area contributed by atoms with Crippen molar-refractivity contribution in [2.24, 2.45) is 0 Å². The molecule has 7 nitrogen and oxygen atoms in total. The van der Waals surface area contributed by atoms with Crippen LogP contribution in [0.1, 0.15) is 0 Å². The fraction of sp³-hybridized carbons (Fsp3) is 0.333. The van der Waals surface area contributed by atoms with Gasteiger partial charge in [-0.05, 0) is 18.2 Å². The first-order valence-corrected chi connectivity index (χ1v) is 5.86. The van der Waals surface area contributed by atoms with Crippen molar-refractivity contribution in [1.29, 1.82) is 0 Å². The largest absolute Gasteiger partial charge is 0.453 e. The van der Waals surface area contributed by atoms with E-state index in [1.807, 2.05) is 0 Å². The van der Waals surface area contributed by atoms with Gasteiger partial charge < -0.3 is 20.5 Å². The standard InChI is InChI=1S/C12H14FN3O4/c1-19-11(17)15-5-8-6-16(12(18)20-8)7-2-3-10(14)9(13)4-7/h2-4,8H,5-6,14H2,1H3,(H,15,17)/t8-/m0/s1. The van der Waals surface area contributed by atoms with Gasteiger partial charge in [-0.25, -0.2) is 14.0 Å². The van der Waals surface area contributed by atoms with Crippen molar-refractivity contribution >= 4 is 23.6 Å². The number of hydrogen-bond acceptors (Lipinski definition) is 5. The monoisotopic (exact) mass is 283 g/mol. The molecule has 1 aromatic carbocycles. The summed E-state index contributed by atoms with van der Waals surface area (Å²) in [6, 6.07) is 4.06. The highest BCUT2D eigenvalue weighted by molar-refractivity contribution is 5.90. The van der Waals surface area contributed by atoms with Crippen LogP contribution in [0.15, 0.2) is 18.2 Å². The summed E-state index contributed by atoms with van der Waals surface area (Å²) < 4.78 is 22.8. The molecule has 0 bridgehead atoms. The van der Waals surface area contributed by atoms with Gasteiger partial charge in [0.2, 0.25) is 0 Å². The number of rotatable bonds is 3. The average molecular weight is 283 g/mol. The molecule has 0 aromatic heterocycles. The van der Waals surface area contributed by atoms with Gasteiger partial charge in [-0.1, -0.05) is 0 Å². The van der Waals surface area contributed by atoms with E-state index < -0.39 is 24.1 Å². The summed E-state index contributed by atoms with van der Waals surface area (Å²) in [6.07, 6.45) is -1.74. The molecule has 2 amide bonds. The molecule has 1 fully saturated rings. The zero-order chi connectivity index (χ0) is 14.7. The minimum absolute atomic E-state index is 0.00484. The fourth-order valence-electron chi connectivity index (χ4n) is 1.79. The second-order valence-corrected chi connectivity index (χ2v) is 4.19. The molecule has 3 N–H and O–H groups in total. The lowest BCUT2D eigenvalue weighted by molar-refractivity contribution is 0.132. The molecular weight excluding hydrogens is 269 g/mol. The number of hydrogen-bond donors (Lipinski definition) is 2. The maximum atomic E-state index is 13.4. The molecule has 0 unspecified atom stereocenters. The SMILES string of the molecule is COC(=O)NC[C@H]1CN(c2ccc(N)c(F)c2)C(=O)O1. The van der Waals surface area contributed by atoms with Crippen LogP contribution < -0.4 is 16.0 Å². The number of cyclic esters (lactones) is 1. The van der Waals surface area contributed by atoms with Gasteiger partial charge in [-0.2, -0.15) is 0 Å². The molecule has 20 heavy (non-hydrogen) atoms. The van der Waals surface area contributed by atoms with E-state index in [0.29, 0.717) is 5.69 Å². The quantitative estimate of drug-likeness (QED) is 0.810. The summed E-state index contributed by atoms with van der Waals surface area (Å²) >= 11 is 0. The number of nitrogens with zero attached hydrogens (tertiary/aromatic N) is 1. The van der Waals surface area contributed by atoms with Gasteiger partial charge in [0.05, 0.1) is 31.6 Å². The van der Waals surface area contributed by atoms with Crippen molar-refractivity contribution in [2.45, 2.75) is 6.10 Å². The van der Waals surface area contributed by atoms with Crippen LogP contribution in [-0.2, 0) is 9.47 Å². The summed E-state index contributed by atoms with van der Waals surface area (Å²) in [6.45, 7) is 0.318. The Morgan fingerprint density at radius 2 is 2.40 bits per heavy atom. The number of nitrogens with two attached hydrogens (primary N) is 1. The molecule has 1 aliphatic heterocycles. The summed E-state index contributed by atoms with van der Waals surface area (Å²) in [4.78, 5) is 23.9. The number of nitrogen functional groups attached to an aromatic ring is 1. The van der Waals surface area contributed by atoms with E-state index in [2.05, 4.69) is 10.1 Å². The smallest absolute Gasteiger partial charge is 0.414 e. The first kappa shape index (κ1) is 13.9. The van der Waals surface area contributed by atoms with Gasteiger partial charge in [0, 0.05) is 0 Å². The zero-order valence-electron chi connectivity index (χ0n) is 10.8. The van der Waals surface area contributed by atoms with E-state index in [1.54, 1.807) is 0 Å². The number of carbonyl (C=O) groups excluding carboxylic acids is 2. The van der Waals surface area contributed by atoms with Crippen molar-refractivity contribution in [3.63, 3.8) is 0 Å². The maximum absolute atomic E-state index is 13.4. The van der Waals surface area contributed by atoms with Gasteiger partial charge in [-0.3, -0.25) is 4.90 Å². The van der Waals surface area contributed by atoms with Gasteiger partial charge >= 0.3 is 12.2 Å². The molecule has 1 aliphatic rings. The summed E-state index contributed by atoms with van der Waals surface area (Å²) in [5.74, 6) is -0.605. The Morgan fingerprint density at radius 3 is 3.05 bits per heavy atom. The number of amides is 2. The number of carbonyl (C=O) groups is 2. The van der Waals surface area contributed by atoms with Crippen molar-refractivity contribution < 1.29 is 23.5 Å². The van der Waals surface area contributed by atoms with Crippen molar-refractivity contribution in [3.05, 3.63) is 24.0 Å².